The average molecular weight is 478 g/mol. The van der Waals surface area contributed by atoms with Gasteiger partial charge in [0.2, 0.25) is 11.9 Å². The Kier molecular flexibility index (Phi) is 5.68. The molecule has 2 N–H and O–H groups in total. The smallest absolute Gasteiger partial charge is 0.228 e. The van der Waals surface area contributed by atoms with Crippen molar-refractivity contribution in [3.8, 4) is 0 Å². The molecule has 3 aliphatic rings. The normalized spacial score (nSPS) is 21.4. The van der Waals surface area contributed by atoms with Crippen LogP contribution in [0.15, 0.2) is 24.4 Å². The number of carbonyl (C=O) groups excluding carboxylic acids is 1. The number of methoxy groups -OCH3 is 1. The number of halogens is 1. The Morgan fingerprint density at radius 3 is 2.94 bits per heavy atom. The monoisotopic (exact) mass is 477 g/mol. The highest BCUT2D eigenvalue weighted by Gasteiger charge is 2.39. The van der Waals surface area contributed by atoms with Gasteiger partial charge in [0.25, 0.3) is 0 Å². The molecule has 0 amide bonds. The van der Waals surface area contributed by atoms with Crippen molar-refractivity contribution in [1.82, 2.24) is 25.1 Å². The SMILES string of the molecule is CO[C@@H]1CC(C(=O)Cc2ccc(F)nc2)N(c2nc3c(c(Nc4cc(C5CC5)[nH]n4)n2)CCC3)C1. The van der Waals surface area contributed by atoms with E-state index < -0.39 is 12.0 Å². The van der Waals surface area contributed by atoms with Crippen LogP contribution in [-0.4, -0.2) is 56.7 Å². The first-order valence-corrected chi connectivity index (χ1v) is 12.2. The summed E-state index contributed by atoms with van der Waals surface area (Å²) in [6.45, 7) is 0.529. The maximum absolute atomic E-state index is 13.3. The van der Waals surface area contributed by atoms with Crippen molar-refractivity contribution in [2.24, 2.45) is 0 Å². The minimum Gasteiger partial charge on any atom is -0.380 e. The number of H-pyrrole nitrogens is 1. The molecular formula is C25H28FN7O2. The molecule has 6 rings (SSSR count). The van der Waals surface area contributed by atoms with Crippen LogP contribution in [0.3, 0.4) is 0 Å². The molecule has 0 bridgehead atoms. The van der Waals surface area contributed by atoms with Gasteiger partial charge in [-0.25, -0.2) is 9.97 Å². The van der Waals surface area contributed by atoms with Crippen LogP contribution >= 0.6 is 0 Å². The Morgan fingerprint density at radius 1 is 1.29 bits per heavy atom. The van der Waals surface area contributed by atoms with E-state index in [0.29, 0.717) is 30.4 Å². The third-order valence-corrected chi connectivity index (χ3v) is 7.17. The first kappa shape index (κ1) is 22.1. The number of hydrogen-bond donors (Lipinski definition) is 2. The number of hydrogen-bond acceptors (Lipinski definition) is 8. The number of aromatic nitrogens is 5. The zero-order valence-electron chi connectivity index (χ0n) is 19.6. The molecule has 0 radical (unpaired) electrons. The predicted octanol–water partition coefficient (Wildman–Crippen LogP) is 3.25. The van der Waals surface area contributed by atoms with Gasteiger partial charge >= 0.3 is 0 Å². The minimum absolute atomic E-state index is 0.0120. The Labute approximate surface area is 202 Å². The minimum atomic E-state index is -0.559. The lowest BCUT2D eigenvalue weighted by molar-refractivity contribution is -0.119. The van der Waals surface area contributed by atoms with Crippen molar-refractivity contribution in [1.29, 1.82) is 0 Å². The molecule has 1 aliphatic heterocycles. The number of fused-ring (bicyclic) bond motifs is 1. The van der Waals surface area contributed by atoms with E-state index >= 15 is 0 Å². The number of nitrogens with zero attached hydrogens (tertiary/aromatic N) is 5. The van der Waals surface area contributed by atoms with Crippen LogP contribution in [0.5, 0.6) is 0 Å². The number of carbonyl (C=O) groups is 1. The number of aryl methyl sites for hydroxylation is 1. The van der Waals surface area contributed by atoms with Crippen LogP contribution in [0.25, 0.3) is 0 Å². The number of pyridine rings is 1. The van der Waals surface area contributed by atoms with Crippen LogP contribution in [0, 0.1) is 5.95 Å². The van der Waals surface area contributed by atoms with Crippen molar-refractivity contribution in [3.05, 3.63) is 52.9 Å². The molecule has 3 aromatic rings. The van der Waals surface area contributed by atoms with Crippen LogP contribution < -0.4 is 10.2 Å². The molecular weight excluding hydrogens is 449 g/mol. The van der Waals surface area contributed by atoms with Crippen molar-refractivity contribution in [2.75, 3.05) is 23.9 Å². The van der Waals surface area contributed by atoms with Crippen LogP contribution in [0.1, 0.15) is 54.1 Å². The lowest BCUT2D eigenvalue weighted by atomic mass is 10.0. The molecule has 9 nitrogen and oxygen atoms in total. The van der Waals surface area contributed by atoms with E-state index in [1.807, 2.05) is 4.90 Å². The molecule has 3 aromatic heterocycles. The Bertz CT molecular complexity index is 1240. The highest BCUT2D eigenvalue weighted by Crippen LogP contribution is 2.40. The first-order valence-electron chi connectivity index (χ1n) is 12.2. The van der Waals surface area contributed by atoms with Gasteiger partial charge in [0.1, 0.15) is 5.82 Å². The molecule has 2 atom stereocenters. The van der Waals surface area contributed by atoms with E-state index in [-0.39, 0.29) is 18.3 Å². The van der Waals surface area contributed by atoms with Gasteiger partial charge in [0.15, 0.2) is 11.6 Å². The molecule has 182 valence electrons. The van der Waals surface area contributed by atoms with E-state index in [4.69, 9.17) is 14.7 Å². The van der Waals surface area contributed by atoms with E-state index in [1.165, 1.54) is 25.1 Å². The molecule has 1 unspecified atom stereocenters. The lowest BCUT2D eigenvalue weighted by Gasteiger charge is -2.24. The highest BCUT2D eigenvalue weighted by atomic mass is 19.1. The summed E-state index contributed by atoms with van der Waals surface area (Å²) < 4.78 is 18.8. The molecule has 1 saturated carbocycles. The number of nitrogens with one attached hydrogen (secondary N) is 2. The van der Waals surface area contributed by atoms with Gasteiger partial charge in [-0.1, -0.05) is 6.07 Å². The molecule has 2 fully saturated rings. The zero-order chi connectivity index (χ0) is 23.9. The number of rotatable bonds is 8. The quantitative estimate of drug-likeness (QED) is 0.476. The summed E-state index contributed by atoms with van der Waals surface area (Å²) in [5, 5.41) is 11.0. The fraction of sp³-hybridized carbons (Fsp3) is 0.480. The number of anilines is 3. The van der Waals surface area contributed by atoms with Gasteiger partial charge in [-0.15, -0.1) is 0 Å². The number of ketones is 1. The Hall–Kier alpha value is -3.40. The van der Waals surface area contributed by atoms with Crippen molar-refractivity contribution in [2.45, 2.75) is 63.0 Å². The summed E-state index contributed by atoms with van der Waals surface area (Å²) in [6.07, 6.45) is 7.26. The molecule has 0 aromatic carbocycles. The van der Waals surface area contributed by atoms with Gasteiger partial charge in [0, 0.05) is 55.9 Å². The van der Waals surface area contributed by atoms with Crippen molar-refractivity contribution in [3.63, 3.8) is 0 Å². The molecule has 2 aliphatic carbocycles. The van der Waals surface area contributed by atoms with E-state index in [1.54, 1.807) is 13.2 Å². The van der Waals surface area contributed by atoms with Crippen LogP contribution in [0.4, 0.5) is 22.0 Å². The van der Waals surface area contributed by atoms with Gasteiger partial charge in [-0.05, 0) is 43.7 Å². The zero-order valence-corrected chi connectivity index (χ0v) is 19.6. The molecule has 35 heavy (non-hydrogen) atoms. The fourth-order valence-electron chi connectivity index (χ4n) is 5.10. The molecule has 0 spiro atoms. The number of Topliss-reactive ketones (excluding diaryl/α,β-unsaturated/α-hetero) is 1. The second kappa shape index (κ2) is 8.99. The third-order valence-electron chi connectivity index (χ3n) is 7.17. The Balaban J connectivity index is 1.28. The molecule has 1 saturated heterocycles. The standard InChI is InChI=1S/C25H28FN7O2/c1-35-16-10-20(21(34)9-14-5-8-22(26)27-12-14)33(13-16)25-28-18-4-2-3-17(18)24(30-25)29-23-11-19(31-32-23)15-6-7-15/h5,8,11-12,15-16,20H,2-4,6-7,9-10,13H2,1H3,(H2,28,29,30,31,32)/t16-,20?/m1/s1. The average Bonchev–Trinajstić information content (AvgIpc) is 3.24. The van der Waals surface area contributed by atoms with E-state index in [2.05, 4.69) is 26.6 Å². The summed E-state index contributed by atoms with van der Waals surface area (Å²) in [5.74, 6) is 2.07. The maximum Gasteiger partial charge on any atom is 0.228 e. The topological polar surface area (TPSA) is 109 Å². The number of ether oxygens (including phenoxy) is 1. The van der Waals surface area contributed by atoms with Gasteiger partial charge in [-0.2, -0.15) is 14.5 Å². The van der Waals surface area contributed by atoms with Crippen molar-refractivity contribution < 1.29 is 13.9 Å². The Morgan fingerprint density at radius 2 is 2.17 bits per heavy atom. The van der Waals surface area contributed by atoms with E-state index in [0.717, 1.165) is 47.8 Å². The van der Waals surface area contributed by atoms with E-state index in [9.17, 15) is 9.18 Å². The largest absolute Gasteiger partial charge is 0.380 e. The molecule has 10 heteroatoms. The number of aromatic amines is 1. The first-order chi connectivity index (χ1) is 17.1. The summed E-state index contributed by atoms with van der Waals surface area (Å²) in [4.78, 5) is 28.7. The van der Waals surface area contributed by atoms with Crippen LogP contribution in [0.2, 0.25) is 0 Å². The van der Waals surface area contributed by atoms with Gasteiger partial charge in [-0.3, -0.25) is 9.89 Å². The summed E-state index contributed by atoms with van der Waals surface area (Å²) in [5.41, 5.74) is 3.97. The highest BCUT2D eigenvalue weighted by molar-refractivity contribution is 5.89. The van der Waals surface area contributed by atoms with Gasteiger partial charge in [0.05, 0.1) is 17.8 Å². The molecule has 4 heterocycles. The van der Waals surface area contributed by atoms with Crippen molar-refractivity contribution >= 4 is 23.4 Å². The fourth-order valence-corrected chi connectivity index (χ4v) is 5.10. The second-order valence-corrected chi connectivity index (χ2v) is 9.65. The lowest BCUT2D eigenvalue weighted by Crippen LogP contribution is -2.38. The summed E-state index contributed by atoms with van der Waals surface area (Å²) in [6, 6.07) is 4.50. The predicted molar refractivity (Wildman–Crippen MR) is 127 cm³/mol. The maximum atomic E-state index is 13.3. The summed E-state index contributed by atoms with van der Waals surface area (Å²) >= 11 is 0. The second-order valence-electron chi connectivity index (χ2n) is 9.65. The van der Waals surface area contributed by atoms with Crippen LogP contribution in [-0.2, 0) is 28.8 Å². The third kappa shape index (κ3) is 4.50. The summed E-state index contributed by atoms with van der Waals surface area (Å²) in [7, 11) is 1.66. The van der Waals surface area contributed by atoms with Gasteiger partial charge < -0.3 is 15.0 Å².